The fourth-order valence-electron chi connectivity index (χ4n) is 1.17. The summed E-state index contributed by atoms with van der Waals surface area (Å²) in [6, 6.07) is 7.97. The second-order valence-corrected chi connectivity index (χ2v) is 3.23. The van der Waals surface area contributed by atoms with Crippen LogP contribution in [0.5, 0.6) is 0 Å². The van der Waals surface area contributed by atoms with Crippen molar-refractivity contribution < 1.29 is 4.73 Å². The van der Waals surface area contributed by atoms with Gasteiger partial charge in [-0.2, -0.15) is 0 Å². The summed E-state index contributed by atoms with van der Waals surface area (Å²) in [5, 5.41) is 18.9. The highest BCUT2D eigenvalue weighted by Gasteiger charge is 2.05. The Kier molecular flexibility index (Phi) is 2.82. The van der Waals surface area contributed by atoms with Crippen LogP contribution in [0, 0.1) is 5.21 Å². The highest BCUT2D eigenvalue weighted by molar-refractivity contribution is 5.59. The minimum atomic E-state index is 0.169. The zero-order valence-corrected chi connectivity index (χ0v) is 8.82. The lowest BCUT2D eigenvalue weighted by Gasteiger charge is -2.00. The largest absolute Gasteiger partial charge is 0.710 e. The van der Waals surface area contributed by atoms with E-state index in [4.69, 9.17) is 11.5 Å². The number of pyridine rings is 2. The number of rotatable bonds is 2. The number of hydrogen-bond acceptors (Lipinski definition) is 6. The van der Waals surface area contributed by atoms with Crippen molar-refractivity contribution in [3.63, 3.8) is 0 Å². The van der Waals surface area contributed by atoms with Crippen molar-refractivity contribution >= 4 is 23.1 Å². The van der Waals surface area contributed by atoms with E-state index < -0.39 is 0 Å². The molecule has 2 heterocycles. The van der Waals surface area contributed by atoms with E-state index in [9.17, 15) is 5.21 Å². The average molecular weight is 230 g/mol. The summed E-state index contributed by atoms with van der Waals surface area (Å²) in [6.45, 7) is 0. The van der Waals surface area contributed by atoms with Crippen molar-refractivity contribution in [2.45, 2.75) is 0 Å². The fraction of sp³-hybridized carbons (Fsp3) is 0. The van der Waals surface area contributed by atoms with Crippen LogP contribution in [0.4, 0.5) is 23.1 Å². The molecule has 2 aromatic heterocycles. The number of nitrogens with zero attached hydrogens (tertiary/aromatic N) is 4. The third kappa shape index (κ3) is 2.46. The lowest BCUT2D eigenvalue weighted by molar-refractivity contribution is -0.591. The first-order valence-electron chi connectivity index (χ1n) is 4.79. The van der Waals surface area contributed by atoms with E-state index in [-0.39, 0.29) is 11.6 Å². The highest BCUT2D eigenvalue weighted by Crippen LogP contribution is 2.22. The molecule has 0 radical (unpaired) electrons. The summed E-state index contributed by atoms with van der Waals surface area (Å²) in [6.07, 6.45) is 1.33. The van der Waals surface area contributed by atoms with Crippen molar-refractivity contribution in [2.75, 3.05) is 11.5 Å². The van der Waals surface area contributed by atoms with Crippen molar-refractivity contribution in [1.82, 2.24) is 4.98 Å². The third-order valence-electron chi connectivity index (χ3n) is 1.99. The van der Waals surface area contributed by atoms with Crippen LogP contribution < -0.4 is 16.2 Å². The zero-order valence-electron chi connectivity index (χ0n) is 8.82. The van der Waals surface area contributed by atoms with Gasteiger partial charge >= 0.3 is 5.82 Å². The first-order valence-corrected chi connectivity index (χ1v) is 4.79. The molecule has 7 nitrogen and oxygen atoms in total. The van der Waals surface area contributed by atoms with Crippen molar-refractivity contribution in [3.8, 4) is 0 Å². The van der Waals surface area contributed by atoms with Crippen LogP contribution in [-0.2, 0) is 0 Å². The molecule has 17 heavy (non-hydrogen) atoms. The van der Waals surface area contributed by atoms with E-state index in [0.717, 1.165) is 0 Å². The second-order valence-electron chi connectivity index (χ2n) is 3.23. The van der Waals surface area contributed by atoms with Gasteiger partial charge in [-0.25, -0.2) is 9.71 Å². The highest BCUT2D eigenvalue weighted by atomic mass is 16.5. The van der Waals surface area contributed by atoms with Gasteiger partial charge in [-0.1, -0.05) is 6.07 Å². The molecule has 4 N–H and O–H groups in total. The second kappa shape index (κ2) is 4.44. The first-order chi connectivity index (χ1) is 8.16. The maximum absolute atomic E-state index is 11.3. The quantitative estimate of drug-likeness (QED) is 0.459. The number of nitrogens with two attached hydrogens (primary N) is 2. The molecule has 7 heteroatoms. The van der Waals surface area contributed by atoms with Crippen LogP contribution in [0.1, 0.15) is 0 Å². The molecule has 0 spiro atoms. The van der Waals surface area contributed by atoms with Crippen LogP contribution in [0.2, 0.25) is 0 Å². The van der Waals surface area contributed by atoms with Gasteiger partial charge in [0.25, 0.3) is 0 Å². The van der Waals surface area contributed by atoms with Gasteiger partial charge in [0, 0.05) is 6.07 Å². The molecule has 0 aliphatic heterocycles. The van der Waals surface area contributed by atoms with Gasteiger partial charge in [0.2, 0.25) is 0 Å². The molecule has 0 saturated heterocycles. The molecule has 2 aromatic rings. The van der Waals surface area contributed by atoms with Crippen LogP contribution in [-0.4, -0.2) is 4.98 Å². The Bertz CT molecular complexity index is 568. The Balaban J connectivity index is 2.29. The van der Waals surface area contributed by atoms with E-state index in [2.05, 4.69) is 15.2 Å². The molecule has 0 saturated carbocycles. The SMILES string of the molecule is Nc1ccc(N=Nc2cccc[n+]2[O-])c(N)n1. The van der Waals surface area contributed by atoms with Crippen molar-refractivity contribution in [2.24, 2.45) is 10.2 Å². The van der Waals surface area contributed by atoms with Gasteiger partial charge < -0.3 is 16.7 Å². The van der Waals surface area contributed by atoms with Crippen LogP contribution >= 0.6 is 0 Å². The van der Waals surface area contributed by atoms with E-state index in [0.29, 0.717) is 16.2 Å². The van der Waals surface area contributed by atoms with Gasteiger partial charge in [-0.05, 0) is 23.3 Å². The molecule has 2 rings (SSSR count). The van der Waals surface area contributed by atoms with E-state index in [1.165, 1.54) is 12.3 Å². The average Bonchev–Trinajstić information content (AvgIpc) is 2.30. The monoisotopic (exact) mass is 230 g/mol. The van der Waals surface area contributed by atoms with Gasteiger partial charge in [-0.15, -0.1) is 0 Å². The predicted octanol–water partition coefficient (Wildman–Crippen LogP) is 1.29. The molecule has 0 aromatic carbocycles. The maximum atomic E-state index is 11.3. The summed E-state index contributed by atoms with van der Waals surface area (Å²) in [5.74, 6) is 0.644. The molecule has 0 bridgehead atoms. The van der Waals surface area contributed by atoms with E-state index in [1.807, 2.05) is 0 Å². The number of hydrogen-bond donors (Lipinski definition) is 2. The minimum absolute atomic E-state index is 0.169. The molecule has 0 unspecified atom stereocenters. The molecule has 0 atom stereocenters. The van der Waals surface area contributed by atoms with Gasteiger partial charge in [0.05, 0.1) is 11.3 Å². The summed E-state index contributed by atoms with van der Waals surface area (Å²) in [5.41, 5.74) is 11.4. The third-order valence-corrected chi connectivity index (χ3v) is 1.99. The lowest BCUT2D eigenvalue weighted by atomic mass is 10.4. The Labute approximate surface area is 97.0 Å². The topological polar surface area (TPSA) is 117 Å². The molecule has 0 aliphatic carbocycles. The smallest absolute Gasteiger partial charge is 0.353 e. The molecule has 0 aliphatic rings. The van der Waals surface area contributed by atoms with Crippen molar-refractivity contribution in [1.29, 1.82) is 0 Å². The summed E-state index contributed by atoms with van der Waals surface area (Å²) < 4.78 is 0.602. The molecular weight excluding hydrogens is 220 g/mol. The van der Waals surface area contributed by atoms with E-state index >= 15 is 0 Å². The number of aromatic nitrogens is 2. The van der Waals surface area contributed by atoms with E-state index in [1.54, 1.807) is 24.3 Å². The predicted molar refractivity (Wildman–Crippen MR) is 62.6 cm³/mol. The number of nitrogen functional groups attached to an aromatic ring is 2. The van der Waals surface area contributed by atoms with Crippen molar-refractivity contribution in [3.05, 3.63) is 41.7 Å². The molecule has 0 amide bonds. The number of azo groups is 1. The van der Waals surface area contributed by atoms with Crippen LogP contribution in [0.15, 0.2) is 46.8 Å². The van der Waals surface area contributed by atoms with Gasteiger partial charge in [-0.3, -0.25) is 0 Å². The standard InChI is InChI=1S/C10H10N6O/c11-8-5-4-7(10(12)13-8)14-15-9-3-1-2-6-16(9)17/h1-6H,(H4,11,12,13). The molecular formula is C10H10N6O. The molecule has 86 valence electrons. The minimum Gasteiger partial charge on any atom is -0.710 e. The number of anilines is 2. The van der Waals surface area contributed by atoms with Crippen LogP contribution in [0.3, 0.4) is 0 Å². The molecule has 0 fully saturated rings. The summed E-state index contributed by atoms with van der Waals surface area (Å²) in [4.78, 5) is 3.83. The first kappa shape index (κ1) is 10.8. The maximum Gasteiger partial charge on any atom is 0.353 e. The summed E-state index contributed by atoms with van der Waals surface area (Å²) in [7, 11) is 0. The Morgan fingerprint density at radius 1 is 1.12 bits per heavy atom. The Morgan fingerprint density at radius 2 is 1.94 bits per heavy atom. The Hall–Kier alpha value is -2.70. The lowest BCUT2D eigenvalue weighted by Crippen LogP contribution is -2.24. The van der Waals surface area contributed by atoms with Gasteiger partial charge in [0.1, 0.15) is 5.82 Å². The van der Waals surface area contributed by atoms with Crippen LogP contribution in [0.25, 0.3) is 0 Å². The normalized spacial score (nSPS) is 10.8. The summed E-state index contributed by atoms with van der Waals surface area (Å²) >= 11 is 0. The van der Waals surface area contributed by atoms with Gasteiger partial charge in [0.15, 0.2) is 11.5 Å². The fourth-order valence-corrected chi connectivity index (χ4v) is 1.17. The Morgan fingerprint density at radius 3 is 2.65 bits per heavy atom. The zero-order chi connectivity index (χ0) is 12.3.